The van der Waals surface area contributed by atoms with E-state index in [9.17, 15) is 0 Å². The Labute approximate surface area is 109 Å². The number of rotatable bonds is 3. The van der Waals surface area contributed by atoms with Gasteiger partial charge in [0.1, 0.15) is 11.5 Å². The van der Waals surface area contributed by atoms with Crippen LogP contribution in [0.15, 0.2) is 30.3 Å². The summed E-state index contributed by atoms with van der Waals surface area (Å²) in [6, 6.07) is 11.9. The number of anilines is 1. The Kier molecular flexibility index (Phi) is 2.65. The second kappa shape index (κ2) is 4.46. The smallest absolute Gasteiger partial charge is 0.182 e. The fourth-order valence-corrected chi connectivity index (χ4v) is 2.09. The number of nitriles is 1. The molecule has 0 unspecified atom stereocenters. The minimum absolute atomic E-state index is 0.387. The van der Waals surface area contributed by atoms with E-state index >= 15 is 0 Å². The van der Waals surface area contributed by atoms with Gasteiger partial charge in [-0.1, -0.05) is 30.3 Å². The lowest BCUT2D eigenvalue weighted by Gasteiger charge is -1.98. The second-order valence-electron chi connectivity index (χ2n) is 4.18. The topological polar surface area (TPSA) is 96.3 Å². The molecule has 3 aromatic rings. The maximum absolute atomic E-state index is 8.68. The van der Waals surface area contributed by atoms with Crippen molar-refractivity contribution in [3.05, 3.63) is 30.3 Å². The van der Waals surface area contributed by atoms with Gasteiger partial charge in [0.2, 0.25) is 0 Å². The normalized spacial score (nSPS) is 10.7. The lowest BCUT2D eigenvalue weighted by atomic mass is 10.1. The van der Waals surface area contributed by atoms with Crippen LogP contribution >= 0.6 is 0 Å². The van der Waals surface area contributed by atoms with E-state index in [0.717, 1.165) is 16.6 Å². The van der Waals surface area contributed by atoms with Crippen molar-refractivity contribution >= 4 is 16.9 Å². The Bertz CT molecular complexity index is 747. The van der Waals surface area contributed by atoms with Crippen LogP contribution in [0.5, 0.6) is 0 Å². The minimum Gasteiger partial charge on any atom is -0.383 e. The zero-order valence-corrected chi connectivity index (χ0v) is 10.2. The monoisotopic (exact) mass is 252 g/mol. The van der Waals surface area contributed by atoms with Crippen molar-refractivity contribution in [2.24, 2.45) is 0 Å². The molecule has 6 nitrogen and oxygen atoms in total. The van der Waals surface area contributed by atoms with Gasteiger partial charge in [0.05, 0.1) is 24.4 Å². The quantitative estimate of drug-likeness (QED) is 0.744. The first-order valence-electron chi connectivity index (χ1n) is 5.94. The molecule has 0 fully saturated rings. The molecule has 0 radical (unpaired) electrons. The zero-order chi connectivity index (χ0) is 13.2. The summed E-state index contributed by atoms with van der Waals surface area (Å²) in [5.74, 6) is 0.497. The third kappa shape index (κ3) is 1.81. The minimum atomic E-state index is 0.387. The van der Waals surface area contributed by atoms with Gasteiger partial charge in [0.15, 0.2) is 5.65 Å². The molecule has 19 heavy (non-hydrogen) atoms. The van der Waals surface area contributed by atoms with Crippen molar-refractivity contribution in [1.29, 1.82) is 5.26 Å². The lowest BCUT2D eigenvalue weighted by Crippen LogP contribution is -2.00. The van der Waals surface area contributed by atoms with Crippen molar-refractivity contribution in [2.75, 3.05) is 5.73 Å². The summed E-state index contributed by atoms with van der Waals surface area (Å²) in [6.45, 7) is 0.504. The summed E-state index contributed by atoms with van der Waals surface area (Å²) in [5, 5.41) is 20.9. The highest BCUT2D eigenvalue weighted by Gasteiger charge is 2.17. The summed E-state index contributed by atoms with van der Waals surface area (Å²) in [5.41, 5.74) is 8.38. The Hall–Kier alpha value is -2.81. The first-order chi connectivity index (χ1) is 9.31. The van der Waals surface area contributed by atoms with Crippen molar-refractivity contribution in [3.63, 3.8) is 0 Å². The molecule has 1 aromatic carbocycles. The molecule has 0 aliphatic rings. The average molecular weight is 252 g/mol. The highest BCUT2D eigenvalue weighted by Crippen LogP contribution is 2.30. The van der Waals surface area contributed by atoms with Crippen molar-refractivity contribution in [1.82, 2.24) is 20.0 Å². The lowest BCUT2D eigenvalue weighted by molar-refractivity contribution is 0.643. The molecule has 2 aromatic heterocycles. The van der Waals surface area contributed by atoms with E-state index in [4.69, 9.17) is 11.0 Å². The molecule has 0 saturated heterocycles. The van der Waals surface area contributed by atoms with E-state index in [1.54, 1.807) is 4.68 Å². The van der Waals surface area contributed by atoms with E-state index in [-0.39, 0.29) is 0 Å². The van der Waals surface area contributed by atoms with Gasteiger partial charge in [-0.25, -0.2) is 4.68 Å². The average Bonchev–Trinajstić information content (AvgIpc) is 2.99. The third-order valence-corrected chi connectivity index (χ3v) is 2.96. The molecule has 0 bridgehead atoms. The number of H-pyrrole nitrogens is 1. The fourth-order valence-electron chi connectivity index (χ4n) is 2.09. The van der Waals surface area contributed by atoms with E-state index in [0.29, 0.717) is 24.4 Å². The van der Waals surface area contributed by atoms with Crippen LogP contribution in [0.3, 0.4) is 0 Å². The number of aromatic amines is 1. The van der Waals surface area contributed by atoms with Gasteiger partial charge in [-0.15, -0.1) is 0 Å². The Morgan fingerprint density at radius 2 is 2.11 bits per heavy atom. The van der Waals surface area contributed by atoms with Crippen molar-refractivity contribution in [3.8, 4) is 17.3 Å². The second-order valence-corrected chi connectivity index (χ2v) is 4.18. The molecule has 3 N–H and O–H groups in total. The summed E-state index contributed by atoms with van der Waals surface area (Å²) in [7, 11) is 0. The molecule has 2 heterocycles. The maximum Gasteiger partial charge on any atom is 0.182 e. The summed E-state index contributed by atoms with van der Waals surface area (Å²) in [6.07, 6.45) is 0.387. The maximum atomic E-state index is 8.68. The third-order valence-electron chi connectivity index (χ3n) is 2.96. The van der Waals surface area contributed by atoms with Crippen molar-refractivity contribution in [2.45, 2.75) is 13.0 Å². The number of aromatic nitrogens is 4. The molecule has 0 spiro atoms. The van der Waals surface area contributed by atoms with Crippen LogP contribution in [0.4, 0.5) is 5.82 Å². The molecular formula is C13H12N6. The number of nitrogens with zero attached hydrogens (tertiary/aromatic N) is 4. The summed E-state index contributed by atoms with van der Waals surface area (Å²) >= 11 is 0. The van der Waals surface area contributed by atoms with E-state index in [1.807, 2.05) is 30.3 Å². The molecule has 3 rings (SSSR count). The molecule has 0 amide bonds. The Morgan fingerprint density at radius 3 is 2.84 bits per heavy atom. The van der Waals surface area contributed by atoms with E-state index < -0.39 is 0 Å². The summed E-state index contributed by atoms with van der Waals surface area (Å²) in [4.78, 5) is 0. The number of nitrogen functional groups attached to an aromatic ring is 1. The highest BCUT2D eigenvalue weighted by atomic mass is 15.3. The van der Waals surface area contributed by atoms with Crippen LogP contribution in [0, 0.1) is 11.3 Å². The number of benzene rings is 1. The van der Waals surface area contributed by atoms with Gasteiger partial charge in [-0.3, -0.25) is 5.10 Å². The number of aryl methyl sites for hydroxylation is 1. The van der Waals surface area contributed by atoms with Crippen LogP contribution in [0.1, 0.15) is 6.42 Å². The number of nitrogens with one attached hydrogen (secondary N) is 1. The molecule has 6 heteroatoms. The van der Waals surface area contributed by atoms with Crippen molar-refractivity contribution < 1.29 is 0 Å². The first kappa shape index (κ1) is 11.3. The molecule has 0 aliphatic heterocycles. The number of nitrogens with two attached hydrogens (primary N) is 1. The number of hydrogen-bond acceptors (Lipinski definition) is 4. The van der Waals surface area contributed by atoms with Crippen LogP contribution in [-0.4, -0.2) is 20.0 Å². The molecular weight excluding hydrogens is 240 g/mol. The van der Waals surface area contributed by atoms with E-state index in [2.05, 4.69) is 21.4 Å². The predicted octanol–water partition coefficient (Wildman–Crippen LogP) is 1.92. The SMILES string of the molecule is N#CCCn1nc(-c2ccccc2)c2c(N)[nH]nc21. The fraction of sp³-hybridized carbons (Fsp3) is 0.154. The van der Waals surface area contributed by atoms with Gasteiger partial charge in [0, 0.05) is 5.56 Å². The molecule has 0 saturated carbocycles. The van der Waals surface area contributed by atoms with Gasteiger partial charge in [-0.05, 0) is 0 Å². The highest BCUT2D eigenvalue weighted by molar-refractivity contribution is 5.98. The molecule has 94 valence electrons. The zero-order valence-electron chi connectivity index (χ0n) is 10.2. The van der Waals surface area contributed by atoms with Crippen LogP contribution in [0.2, 0.25) is 0 Å². The van der Waals surface area contributed by atoms with Crippen LogP contribution in [0.25, 0.3) is 22.3 Å². The Morgan fingerprint density at radius 1 is 1.32 bits per heavy atom. The molecule has 0 atom stereocenters. The van der Waals surface area contributed by atoms with Crippen LogP contribution < -0.4 is 5.73 Å². The summed E-state index contributed by atoms with van der Waals surface area (Å²) < 4.78 is 1.72. The first-order valence-corrected chi connectivity index (χ1v) is 5.94. The predicted molar refractivity (Wildman–Crippen MR) is 72.0 cm³/mol. The van der Waals surface area contributed by atoms with Gasteiger partial charge in [0.25, 0.3) is 0 Å². The largest absolute Gasteiger partial charge is 0.383 e. The van der Waals surface area contributed by atoms with E-state index in [1.165, 1.54) is 0 Å². The standard InChI is InChI=1S/C13H12N6/c14-7-4-8-19-13-10(12(15)16-17-13)11(18-19)9-5-2-1-3-6-9/h1-3,5-6H,4,8H2,(H3,15,16,17). The number of hydrogen-bond donors (Lipinski definition) is 2. The number of fused-ring (bicyclic) bond motifs is 1. The van der Waals surface area contributed by atoms with Gasteiger partial charge in [-0.2, -0.15) is 15.5 Å². The molecule has 0 aliphatic carbocycles. The van der Waals surface area contributed by atoms with Crippen LogP contribution in [-0.2, 0) is 6.54 Å². The van der Waals surface area contributed by atoms with Gasteiger partial charge < -0.3 is 5.73 Å². The Balaban J connectivity index is 2.19. The van der Waals surface area contributed by atoms with Gasteiger partial charge >= 0.3 is 0 Å².